The minimum Gasteiger partial charge on any atom is -0.385 e. The van der Waals surface area contributed by atoms with Crippen molar-refractivity contribution in [3.63, 3.8) is 0 Å². The second-order valence-corrected chi connectivity index (χ2v) is 5.17. The van der Waals surface area contributed by atoms with E-state index in [0.717, 1.165) is 32.8 Å². The van der Waals surface area contributed by atoms with Crippen molar-refractivity contribution in [2.45, 2.75) is 0 Å². The van der Waals surface area contributed by atoms with Crippen molar-refractivity contribution in [2.75, 3.05) is 5.73 Å². The molecule has 0 spiro atoms. The number of halogens is 1. The van der Waals surface area contributed by atoms with Crippen LogP contribution in [0.2, 0.25) is 0 Å². The molecule has 0 saturated carbocycles. The highest BCUT2D eigenvalue weighted by atomic mass is 19.1. The summed E-state index contributed by atoms with van der Waals surface area (Å²) >= 11 is 0. The van der Waals surface area contributed by atoms with Crippen LogP contribution in [0.3, 0.4) is 0 Å². The third-order valence-corrected chi connectivity index (χ3v) is 3.83. The molecule has 0 saturated heterocycles. The maximum absolute atomic E-state index is 13.1. The van der Waals surface area contributed by atoms with E-state index in [-0.39, 0.29) is 5.82 Å². The molecule has 4 rings (SSSR count). The third kappa shape index (κ3) is 1.86. The maximum atomic E-state index is 13.1. The summed E-state index contributed by atoms with van der Waals surface area (Å²) in [5.74, 6) is 0.356. The van der Waals surface area contributed by atoms with E-state index in [4.69, 9.17) is 5.73 Å². The molecule has 0 unspecified atom stereocenters. The first-order chi connectivity index (χ1) is 10.2. The van der Waals surface area contributed by atoms with E-state index in [2.05, 4.69) is 29.2 Å². The van der Waals surface area contributed by atoms with Gasteiger partial charge in [0, 0.05) is 16.5 Å². The Morgan fingerprint density at radius 2 is 1.52 bits per heavy atom. The summed E-state index contributed by atoms with van der Waals surface area (Å²) in [4.78, 5) is 3.22. The molecule has 0 aliphatic rings. The maximum Gasteiger partial charge on any atom is 0.123 e. The second kappa shape index (κ2) is 4.35. The highest BCUT2D eigenvalue weighted by molar-refractivity contribution is 6.07. The molecule has 3 aromatic carbocycles. The molecule has 3 N–H and O–H groups in total. The predicted octanol–water partition coefficient (Wildman–Crippen LogP) is 4.71. The number of nitrogens with one attached hydrogen (secondary N) is 1. The van der Waals surface area contributed by atoms with Crippen molar-refractivity contribution in [1.29, 1.82) is 0 Å². The summed E-state index contributed by atoms with van der Waals surface area (Å²) in [6.07, 6.45) is 0. The summed E-state index contributed by atoms with van der Waals surface area (Å²) in [5, 5.41) is 3.38. The van der Waals surface area contributed by atoms with Crippen LogP contribution >= 0.6 is 0 Å². The lowest BCUT2D eigenvalue weighted by Gasteiger charge is -2.03. The fourth-order valence-corrected chi connectivity index (χ4v) is 2.83. The molecule has 0 radical (unpaired) electrons. The second-order valence-electron chi connectivity index (χ2n) is 5.17. The lowest BCUT2D eigenvalue weighted by atomic mass is 10.0. The molecule has 0 bridgehead atoms. The lowest BCUT2D eigenvalue weighted by Crippen LogP contribution is -1.87. The van der Waals surface area contributed by atoms with E-state index >= 15 is 0 Å². The molecular weight excluding hydrogens is 263 g/mol. The molecule has 102 valence electrons. The topological polar surface area (TPSA) is 41.8 Å². The van der Waals surface area contributed by atoms with Crippen LogP contribution in [-0.2, 0) is 0 Å². The summed E-state index contributed by atoms with van der Waals surface area (Å²) in [6.45, 7) is 0. The molecule has 4 aromatic rings. The Morgan fingerprint density at radius 1 is 0.857 bits per heavy atom. The van der Waals surface area contributed by atoms with Gasteiger partial charge in [-0.3, -0.25) is 0 Å². The molecule has 0 fully saturated rings. The Bertz CT molecular complexity index is 952. The van der Waals surface area contributed by atoms with Crippen LogP contribution in [0, 0.1) is 5.82 Å². The van der Waals surface area contributed by atoms with Gasteiger partial charge in [-0.25, -0.2) is 4.39 Å². The number of hydrogen-bond acceptors (Lipinski definition) is 1. The van der Waals surface area contributed by atoms with Crippen molar-refractivity contribution < 1.29 is 4.39 Å². The first kappa shape index (κ1) is 12.0. The van der Waals surface area contributed by atoms with Gasteiger partial charge in [-0.05, 0) is 40.6 Å². The molecular formula is C18H13FN2. The number of aromatic amines is 1. The largest absolute Gasteiger partial charge is 0.385 e. The highest BCUT2D eigenvalue weighted by Gasteiger charge is 2.12. The SMILES string of the molecule is Nc1[nH]c2cc3ccccc3cc2c1-c1ccc(F)cc1. The van der Waals surface area contributed by atoms with Gasteiger partial charge < -0.3 is 10.7 Å². The van der Waals surface area contributed by atoms with E-state index < -0.39 is 0 Å². The molecule has 1 heterocycles. The summed E-state index contributed by atoms with van der Waals surface area (Å²) < 4.78 is 13.1. The van der Waals surface area contributed by atoms with Crippen molar-refractivity contribution in [3.8, 4) is 11.1 Å². The van der Waals surface area contributed by atoms with Crippen LogP contribution in [-0.4, -0.2) is 4.98 Å². The van der Waals surface area contributed by atoms with Gasteiger partial charge in [0.05, 0.1) is 0 Å². The number of fused-ring (bicyclic) bond motifs is 2. The average molecular weight is 276 g/mol. The molecule has 2 nitrogen and oxygen atoms in total. The Morgan fingerprint density at radius 3 is 2.24 bits per heavy atom. The molecule has 0 aliphatic heterocycles. The number of aromatic nitrogens is 1. The zero-order chi connectivity index (χ0) is 14.4. The number of anilines is 1. The van der Waals surface area contributed by atoms with E-state index in [1.807, 2.05) is 12.1 Å². The molecule has 21 heavy (non-hydrogen) atoms. The van der Waals surface area contributed by atoms with Crippen LogP contribution in [0.4, 0.5) is 10.2 Å². The van der Waals surface area contributed by atoms with Gasteiger partial charge in [0.15, 0.2) is 0 Å². The fourth-order valence-electron chi connectivity index (χ4n) is 2.83. The number of benzene rings is 3. The van der Waals surface area contributed by atoms with Gasteiger partial charge in [0.2, 0.25) is 0 Å². The molecule has 3 heteroatoms. The van der Waals surface area contributed by atoms with Crippen LogP contribution in [0.5, 0.6) is 0 Å². The smallest absolute Gasteiger partial charge is 0.123 e. The molecule has 0 amide bonds. The highest BCUT2D eigenvalue weighted by Crippen LogP contribution is 2.36. The number of H-pyrrole nitrogens is 1. The monoisotopic (exact) mass is 276 g/mol. The van der Waals surface area contributed by atoms with Crippen molar-refractivity contribution >= 4 is 27.5 Å². The van der Waals surface area contributed by atoms with Gasteiger partial charge >= 0.3 is 0 Å². The minimum absolute atomic E-state index is 0.248. The number of hydrogen-bond donors (Lipinski definition) is 2. The molecule has 0 aliphatic carbocycles. The van der Waals surface area contributed by atoms with Crippen LogP contribution in [0.25, 0.3) is 32.8 Å². The number of nitrogen functional groups attached to an aromatic ring is 1. The van der Waals surface area contributed by atoms with Gasteiger partial charge in [-0.15, -0.1) is 0 Å². The van der Waals surface area contributed by atoms with Crippen LogP contribution < -0.4 is 5.73 Å². The first-order valence-corrected chi connectivity index (χ1v) is 6.78. The quantitative estimate of drug-likeness (QED) is 0.519. The minimum atomic E-state index is -0.248. The first-order valence-electron chi connectivity index (χ1n) is 6.78. The fraction of sp³-hybridized carbons (Fsp3) is 0. The Balaban J connectivity index is 2.06. The average Bonchev–Trinajstić information content (AvgIpc) is 2.81. The normalized spacial score (nSPS) is 11.3. The van der Waals surface area contributed by atoms with E-state index in [1.54, 1.807) is 12.1 Å². The van der Waals surface area contributed by atoms with E-state index in [0.29, 0.717) is 5.82 Å². The summed E-state index contributed by atoms with van der Waals surface area (Å²) in [5.41, 5.74) is 8.97. The van der Waals surface area contributed by atoms with Gasteiger partial charge in [0.1, 0.15) is 11.6 Å². The van der Waals surface area contributed by atoms with Crippen molar-refractivity contribution in [3.05, 3.63) is 66.5 Å². The Labute approximate surface area is 121 Å². The summed E-state index contributed by atoms with van der Waals surface area (Å²) in [7, 11) is 0. The molecule has 0 atom stereocenters. The third-order valence-electron chi connectivity index (χ3n) is 3.83. The summed E-state index contributed by atoms with van der Waals surface area (Å²) in [6, 6.07) is 18.8. The lowest BCUT2D eigenvalue weighted by molar-refractivity contribution is 0.628. The predicted molar refractivity (Wildman–Crippen MR) is 85.6 cm³/mol. The zero-order valence-corrected chi connectivity index (χ0v) is 11.2. The molecule has 1 aromatic heterocycles. The standard InChI is InChI=1S/C18H13FN2/c19-14-7-5-11(6-8-14)17-15-9-12-3-1-2-4-13(12)10-16(15)21-18(17)20/h1-10,21H,20H2. The Hall–Kier alpha value is -2.81. The van der Waals surface area contributed by atoms with Gasteiger partial charge in [-0.2, -0.15) is 0 Å². The van der Waals surface area contributed by atoms with Crippen molar-refractivity contribution in [2.24, 2.45) is 0 Å². The van der Waals surface area contributed by atoms with Crippen LogP contribution in [0.15, 0.2) is 60.7 Å². The van der Waals surface area contributed by atoms with Crippen molar-refractivity contribution in [1.82, 2.24) is 4.98 Å². The number of nitrogens with two attached hydrogens (primary N) is 1. The van der Waals surface area contributed by atoms with E-state index in [9.17, 15) is 4.39 Å². The zero-order valence-electron chi connectivity index (χ0n) is 11.2. The van der Waals surface area contributed by atoms with E-state index in [1.165, 1.54) is 12.1 Å². The van der Waals surface area contributed by atoms with Crippen LogP contribution in [0.1, 0.15) is 0 Å². The Kier molecular flexibility index (Phi) is 2.48. The number of rotatable bonds is 1. The van der Waals surface area contributed by atoms with Gasteiger partial charge in [0.25, 0.3) is 0 Å². The van der Waals surface area contributed by atoms with Gasteiger partial charge in [-0.1, -0.05) is 36.4 Å².